The quantitative estimate of drug-likeness (QED) is 0.739. The number of hydrogen-bond acceptors (Lipinski definition) is 5. The van der Waals surface area contributed by atoms with Gasteiger partial charge in [0.1, 0.15) is 16.9 Å². The van der Waals surface area contributed by atoms with Crippen LogP contribution >= 0.6 is 0 Å². The normalized spacial score (nSPS) is 19.1. The zero-order chi connectivity index (χ0) is 14.1. The molecule has 1 aliphatic rings. The maximum Gasteiger partial charge on any atom is 0.146 e. The molecule has 1 aromatic carbocycles. The highest BCUT2D eigenvalue weighted by molar-refractivity contribution is 5.88. The largest absolute Gasteiger partial charge is 0.381 e. The van der Waals surface area contributed by atoms with Crippen LogP contribution < -0.4 is 0 Å². The lowest BCUT2D eigenvalue weighted by atomic mass is 10.0. The zero-order valence-electron chi connectivity index (χ0n) is 11.6. The third kappa shape index (κ3) is 2.31. The van der Waals surface area contributed by atoms with Crippen molar-refractivity contribution in [1.29, 1.82) is 0 Å². The lowest BCUT2D eigenvalue weighted by Gasteiger charge is -2.23. The predicted octanol–water partition coefficient (Wildman–Crippen LogP) is 2.51. The minimum atomic E-state index is 0.543. The van der Waals surface area contributed by atoms with Gasteiger partial charge in [0.2, 0.25) is 0 Å². The molecule has 0 amide bonds. The van der Waals surface area contributed by atoms with Crippen molar-refractivity contribution in [2.24, 2.45) is 5.92 Å². The second-order valence-corrected chi connectivity index (χ2v) is 5.42. The molecule has 0 saturated carbocycles. The van der Waals surface area contributed by atoms with E-state index in [2.05, 4.69) is 19.9 Å². The van der Waals surface area contributed by atoms with Crippen LogP contribution in [0.1, 0.15) is 12.8 Å². The van der Waals surface area contributed by atoms with Gasteiger partial charge in [-0.25, -0.2) is 9.61 Å². The summed E-state index contributed by atoms with van der Waals surface area (Å²) < 4.78 is 12.6. The Kier molecular flexibility index (Phi) is 3.16. The number of ether oxygens (including phenoxy) is 1. The number of hydrogen-bond donors (Lipinski definition) is 0. The van der Waals surface area contributed by atoms with E-state index < -0.39 is 0 Å². The summed E-state index contributed by atoms with van der Waals surface area (Å²) in [4.78, 5) is 4.49. The van der Waals surface area contributed by atoms with Crippen molar-refractivity contribution in [3.05, 3.63) is 30.6 Å². The first kappa shape index (κ1) is 12.5. The molecule has 3 heterocycles. The molecule has 1 saturated heterocycles. The molecule has 0 bridgehead atoms. The van der Waals surface area contributed by atoms with Gasteiger partial charge in [0.05, 0.1) is 6.61 Å². The number of imidazole rings is 1. The maximum atomic E-state index is 5.56. The number of nitrogens with zero attached hydrogens (tertiary/aromatic N) is 4. The molecular weight excluding hydrogens is 268 g/mol. The Morgan fingerprint density at radius 3 is 3.19 bits per heavy atom. The van der Waals surface area contributed by atoms with Crippen molar-refractivity contribution in [1.82, 2.24) is 19.9 Å². The first-order valence-corrected chi connectivity index (χ1v) is 7.22. The fourth-order valence-electron chi connectivity index (χ4n) is 2.92. The van der Waals surface area contributed by atoms with Gasteiger partial charge in [-0.05, 0) is 35.3 Å². The summed E-state index contributed by atoms with van der Waals surface area (Å²) in [7, 11) is 0. The molecule has 2 aromatic heterocycles. The predicted molar refractivity (Wildman–Crippen MR) is 76.6 cm³/mol. The van der Waals surface area contributed by atoms with E-state index in [1.165, 1.54) is 6.42 Å². The van der Waals surface area contributed by atoms with E-state index in [1.807, 2.05) is 30.6 Å². The fourth-order valence-corrected chi connectivity index (χ4v) is 2.92. The molecule has 0 spiro atoms. The number of benzene rings is 1. The molecule has 108 valence electrons. The first-order chi connectivity index (χ1) is 10.4. The van der Waals surface area contributed by atoms with Crippen molar-refractivity contribution in [2.75, 3.05) is 13.2 Å². The van der Waals surface area contributed by atoms with Gasteiger partial charge in [0.15, 0.2) is 0 Å². The van der Waals surface area contributed by atoms with Crippen LogP contribution in [0.3, 0.4) is 0 Å². The van der Waals surface area contributed by atoms with E-state index in [-0.39, 0.29) is 0 Å². The molecule has 6 heteroatoms. The van der Waals surface area contributed by atoms with Crippen LogP contribution in [0.2, 0.25) is 0 Å². The Morgan fingerprint density at radius 1 is 1.29 bits per heavy atom. The average molecular weight is 284 g/mol. The summed E-state index contributed by atoms with van der Waals surface area (Å²) >= 11 is 0. The van der Waals surface area contributed by atoms with Crippen LogP contribution in [0.5, 0.6) is 0 Å². The molecule has 4 rings (SSSR count). The molecular formula is C15H16N4O2. The molecule has 3 aromatic rings. The standard InChI is InChI=1S/C15H16N4O2/c1-4-12(14-13(5-1)17-21-18-14)15-16-6-7-19(15)9-11-3-2-8-20-10-11/h1,4-7,11H,2-3,8-10H2. The fraction of sp³-hybridized carbons (Fsp3) is 0.400. The minimum absolute atomic E-state index is 0.543. The van der Waals surface area contributed by atoms with Crippen LogP contribution in [-0.4, -0.2) is 33.1 Å². The topological polar surface area (TPSA) is 66.0 Å². The lowest BCUT2D eigenvalue weighted by molar-refractivity contribution is 0.0485. The van der Waals surface area contributed by atoms with Crippen molar-refractivity contribution in [3.63, 3.8) is 0 Å². The smallest absolute Gasteiger partial charge is 0.146 e. The van der Waals surface area contributed by atoms with Crippen molar-refractivity contribution < 1.29 is 9.37 Å². The molecule has 1 fully saturated rings. The van der Waals surface area contributed by atoms with Gasteiger partial charge in [0.25, 0.3) is 0 Å². The van der Waals surface area contributed by atoms with Gasteiger partial charge in [-0.3, -0.25) is 0 Å². The van der Waals surface area contributed by atoms with E-state index in [9.17, 15) is 0 Å². The Bertz CT molecular complexity index is 743. The van der Waals surface area contributed by atoms with Crippen LogP contribution in [0.4, 0.5) is 0 Å². The van der Waals surface area contributed by atoms with Crippen LogP contribution in [-0.2, 0) is 11.3 Å². The number of rotatable bonds is 3. The molecule has 0 radical (unpaired) electrons. The van der Waals surface area contributed by atoms with Crippen LogP contribution in [0.25, 0.3) is 22.4 Å². The third-order valence-electron chi connectivity index (χ3n) is 3.95. The second-order valence-electron chi connectivity index (χ2n) is 5.42. The molecule has 6 nitrogen and oxygen atoms in total. The van der Waals surface area contributed by atoms with E-state index in [0.717, 1.165) is 48.6 Å². The molecule has 1 unspecified atom stereocenters. The summed E-state index contributed by atoms with van der Waals surface area (Å²) in [6.45, 7) is 2.63. The van der Waals surface area contributed by atoms with Crippen molar-refractivity contribution >= 4 is 11.0 Å². The van der Waals surface area contributed by atoms with Gasteiger partial charge < -0.3 is 9.30 Å². The lowest BCUT2D eigenvalue weighted by Crippen LogP contribution is -2.22. The molecule has 1 atom stereocenters. The molecule has 21 heavy (non-hydrogen) atoms. The van der Waals surface area contributed by atoms with Crippen molar-refractivity contribution in [2.45, 2.75) is 19.4 Å². The zero-order valence-corrected chi connectivity index (χ0v) is 11.6. The summed E-state index contributed by atoms with van der Waals surface area (Å²) in [5.74, 6) is 1.45. The number of aromatic nitrogens is 4. The maximum absolute atomic E-state index is 5.56. The van der Waals surface area contributed by atoms with Crippen LogP contribution in [0, 0.1) is 5.92 Å². The Morgan fingerprint density at radius 2 is 2.29 bits per heavy atom. The summed E-state index contributed by atoms with van der Waals surface area (Å²) in [6, 6.07) is 5.84. The van der Waals surface area contributed by atoms with E-state index in [4.69, 9.17) is 9.37 Å². The number of fused-ring (bicyclic) bond motifs is 1. The van der Waals surface area contributed by atoms with E-state index >= 15 is 0 Å². The monoisotopic (exact) mass is 284 g/mol. The summed E-state index contributed by atoms with van der Waals surface area (Å²) in [5, 5.41) is 7.89. The Balaban J connectivity index is 1.69. The van der Waals surface area contributed by atoms with Gasteiger partial charge in [-0.15, -0.1) is 0 Å². The van der Waals surface area contributed by atoms with Crippen LogP contribution in [0.15, 0.2) is 35.2 Å². The third-order valence-corrected chi connectivity index (χ3v) is 3.95. The van der Waals surface area contributed by atoms with Gasteiger partial charge in [0, 0.05) is 37.0 Å². The average Bonchev–Trinajstić information content (AvgIpc) is 3.16. The van der Waals surface area contributed by atoms with Gasteiger partial charge in [-0.1, -0.05) is 6.07 Å². The Hall–Kier alpha value is -2.21. The first-order valence-electron chi connectivity index (χ1n) is 7.22. The van der Waals surface area contributed by atoms with Crippen molar-refractivity contribution in [3.8, 4) is 11.4 Å². The second kappa shape index (κ2) is 5.29. The van der Waals surface area contributed by atoms with Gasteiger partial charge in [-0.2, -0.15) is 0 Å². The minimum Gasteiger partial charge on any atom is -0.381 e. The highest BCUT2D eigenvalue weighted by Gasteiger charge is 2.18. The summed E-state index contributed by atoms with van der Waals surface area (Å²) in [5.41, 5.74) is 2.46. The molecule has 1 aliphatic heterocycles. The van der Waals surface area contributed by atoms with Gasteiger partial charge >= 0.3 is 0 Å². The summed E-state index contributed by atoms with van der Waals surface area (Å²) in [6.07, 6.45) is 6.17. The molecule has 0 aliphatic carbocycles. The SMILES string of the molecule is c1cc(-c2nccn2CC2CCCOC2)c2nonc2c1. The van der Waals surface area contributed by atoms with E-state index in [1.54, 1.807) is 0 Å². The molecule has 0 N–H and O–H groups in total. The van der Waals surface area contributed by atoms with E-state index in [0.29, 0.717) is 5.92 Å². The highest BCUT2D eigenvalue weighted by Crippen LogP contribution is 2.26. The highest BCUT2D eigenvalue weighted by atomic mass is 16.6. The Labute approximate surface area is 121 Å².